The number of carbonyl (C=O) groups excluding carboxylic acids is 2. The van der Waals surface area contributed by atoms with E-state index >= 15 is 0 Å². The van der Waals surface area contributed by atoms with Crippen LogP contribution in [0.25, 0.3) is 0 Å². The molecule has 2 atom stereocenters. The Balaban J connectivity index is 3.33. The average Bonchev–Trinajstić information content (AvgIpc) is 3.46. The molecule has 80 heavy (non-hydrogen) atoms. The van der Waals surface area contributed by atoms with Gasteiger partial charge in [-0.1, -0.05) is 339 Å². The minimum atomic E-state index is -0.660. The Morgan fingerprint density at radius 2 is 0.625 bits per heavy atom. The lowest BCUT2D eigenvalue weighted by atomic mass is 10.0. The molecule has 0 aliphatic rings. The average molecular weight is 1120 g/mol. The van der Waals surface area contributed by atoms with Crippen LogP contribution in [-0.4, -0.2) is 47.4 Å². The van der Waals surface area contributed by atoms with Crippen LogP contribution in [0.2, 0.25) is 0 Å². The molecular formula is C74H141NO5. The fourth-order valence-corrected chi connectivity index (χ4v) is 11.4. The van der Waals surface area contributed by atoms with Crippen LogP contribution in [0, 0.1) is 0 Å². The molecule has 0 aromatic carbocycles. The first-order valence-corrected chi connectivity index (χ1v) is 36.2. The zero-order chi connectivity index (χ0) is 57.8. The number of aliphatic hydroxyl groups excluding tert-OH is 2. The van der Waals surface area contributed by atoms with Crippen LogP contribution in [0.15, 0.2) is 36.5 Å². The van der Waals surface area contributed by atoms with E-state index in [2.05, 4.69) is 55.6 Å². The molecule has 2 unspecified atom stereocenters. The number of nitrogens with one attached hydrogen (secondary N) is 1. The number of carbonyl (C=O) groups is 2. The lowest BCUT2D eigenvalue weighted by Crippen LogP contribution is -2.45. The largest absolute Gasteiger partial charge is 0.466 e. The first-order chi connectivity index (χ1) is 39.5. The molecule has 0 aromatic heterocycles. The maximum absolute atomic E-state index is 12.4. The van der Waals surface area contributed by atoms with Crippen LogP contribution in [0.4, 0.5) is 0 Å². The number of ether oxygens (including phenoxy) is 1. The smallest absolute Gasteiger partial charge is 0.305 e. The zero-order valence-corrected chi connectivity index (χ0v) is 54.1. The molecule has 0 bridgehead atoms. The molecule has 6 nitrogen and oxygen atoms in total. The van der Waals surface area contributed by atoms with Gasteiger partial charge in [-0.25, -0.2) is 0 Å². The molecule has 0 saturated carbocycles. The maximum atomic E-state index is 12.4. The molecule has 0 radical (unpaired) electrons. The summed E-state index contributed by atoms with van der Waals surface area (Å²) >= 11 is 0. The first kappa shape index (κ1) is 78.1. The molecule has 0 saturated heterocycles. The number of hydrogen-bond acceptors (Lipinski definition) is 5. The monoisotopic (exact) mass is 1120 g/mol. The fourth-order valence-electron chi connectivity index (χ4n) is 11.4. The van der Waals surface area contributed by atoms with Gasteiger partial charge in [0.15, 0.2) is 0 Å². The summed E-state index contributed by atoms with van der Waals surface area (Å²) in [6, 6.07) is -0.537. The van der Waals surface area contributed by atoms with Crippen LogP contribution >= 0.6 is 0 Å². The Kier molecular flexibility index (Phi) is 67.9. The lowest BCUT2D eigenvalue weighted by molar-refractivity contribution is -0.143. The Labute approximate surface area is 500 Å². The van der Waals surface area contributed by atoms with E-state index in [-0.39, 0.29) is 18.5 Å². The highest BCUT2D eigenvalue weighted by molar-refractivity contribution is 5.76. The molecule has 0 spiro atoms. The van der Waals surface area contributed by atoms with Gasteiger partial charge in [-0.15, -0.1) is 0 Å². The molecular weight excluding hydrogens is 983 g/mol. The third kappa shape index (κ3) is 65.2. The highest BCUT2D eigenvalue weighted by Crippen LogP contribution is 2.19. The molecule has 1 amide bonds. The normalized spacial score (nSPS) is 12.7. The standard InChI is InChI=1S/C74H141NO5/c1-3-5-7-9-11-13-15-16-17-42-45-48-52-56-60-64-68-74(79)80-69-65-61-57-53-49-46-43-40-38-36-34-32-30-28-26-24-22-20-18-19-21-23-25-27-29-31-33-35-37-39-41-44-47-51-55-59-63-67-73(78)75-71(70-76)72(77)66-62-58-54-50-14-12-10-8-6-4-2/h17-18,20,24,26,42,71-72,76-77H,3-16,19,21-23,25,27-41,43-70H2,1-2H3,(H,75,78)/b20-18-,26-24-,42-17-. The second-order valence-corrected chi connectivity index (χ2v) is 24.9. The summed E-state index contributed by atoms with van der Waals surface area (Å²) in [4.78, 5) is 24.5. The van der Waals surface area contributed by atoms with Crippen molar-refractivity contribution in [1.29, 1.82) is 0 Å². The van der Waals surface area contributed by atoms with Crippen LogP contribution in [0.3, 0.4) is 0 Å². The highest BCUT2D eigenvalue weighted by atomic mass is 16.5. The van der Waals surface area contributed by atoms with E-state index in [9.17, 15) is 19.8 Å². The zero-order valence-electron chi connectivity index (χ0n) is 54.1. The van der Waals surface area contributed by atoms with E-state index in [1.165, 1.54) is 315 Å². The molecule has 0 aliphatic heterocycles. The van der Waals surface area contributed by atoms with Crippen molar-refractivity contribution < 1.29 is 24.5 Å². The van der Waals surface area contributed by atoms with Crippen molar-refractivity contribution in [2.45, 2.75) is 411 Å². The summed E-state index contributed by atoms with van der Waals surface area (Å²) in [6.45, 7) is 4.96. The Morgan fingerprint density at radius 1 is 0.350 bits per heavy atom. The summed E-state index contributed by atoms with van der Waals surface area (Å²) in [6.07, 6.45) is 89.4. The molecule has 472 valence electrons. The van der Waals surface area contributed by atoms with Crippen molar-refractivity contribution in [3.63, 3.8) is 0 Å². The molecule has 0 fully saturated rings. The van der Waals surface area contributed by atoms with Crippen LogP contribution in [-0.2, 0) is 14.3 Å². The van der Waals surface area contributed by atoms with Gasteiger partial charge in [-0.2, -0.15) is 0 Å². The number of hydrogen-bond donors (Lipinski definition) is 3. The van der Waals surface area contributed by atoms with E-state index < -0.39 is 12.1 Å². The van der Waals surface area contributed by atoms with Crippen LogP contribution < -0.4 is 5.32 Å². The number of amides is 1. The van der Waals surface area contributed by atoms with Gasteiger partial charge in [0.05, 0.1) is 25.4 Å². The van der Waals surface area contributed by atoms with Gasteiger partial charge in [-0.3, -0.25) is 9.59 Å². The van der Waals surface area contributed by atoms with Gasteiger partial charge in [-0.05, 0) is 83.5 Å². The number of esters is 1. The summed E-state index contributed by atoms with van der Waals surface area (Å²) in [7, 11) is 0. The molecule has 6 heteroatoms. The molecule has 0 aromatic rings. The predicted molar refractivity (Wildman–Crippen MR) is 352 cm³/mol. The van der Waals surface area contributed by atoms with Crippen molar-refractivity contribution >= 4 is 11.9 Å². The SMILES string of the molecule is CCCCCCCCC/C=C\CCCCCCCC(=O)OCCCCCCCCCCCCCCC/C=C\C/C=C\CCCCCCCCCCCCCCCCCCCC(=O)NC(CO)C(O)CCCCCCCCCCCC. The number of allylic oxidation sites excluding steroid dienone is 6. The topological polar surface area (TPSA) is 95.9 Å². The van der Waals surface area contributed by atoms with Crippen LogP contribution in [0.1, 0.15) is 399 Å². The van der Waals surface area contributed by atoms with Crippen LogP contribution in [0.5, 0.6) is 0 Å². The first-order valence-electron chi connectivity index (χ1n) is 36.2. The Morgan fingerprint density at radius 3 is 0.963 bits per heavy atom. The van der Waals surface area contributed by atoms with Crippen molar-refractivity contribution in [2.24, 2.45) is 0 Å². The predicted octanol–water partition coefficient (Wildman–Crippen LogP) is 23.5. The second kappa shape index (κ2) is 69.6. The molecule has 0 rings (SSSR count). The second-order valence-electron chi connectivity index (χ2n) is 24.9. The highest BCUT2D eigenvalue weighted by Gasteiger charge is 2.20. The third-order valence-corrected chi connectivity index (χ3v) is 16.9. The van der Waals surface area contributed by atoms with Crippen molar-refractivity contribution in [1.82, 2.24) is 5.32 Å². The summed E-state index contributed by atoms with van der Waals surface area (Å²) in [5, 5.41) is 23.2. The Hall–Kier alpha value is -1.92. The van der Waals surface area contributed by atoms with Crippen molar-refractivity contribution in [3.8, 4) is 0 Å². The molecule has 0 aliphatic carbocycles. The minimum absolute atomic E-state index is 0.0117. The van der Waals surface area contributed by atoms with E-state index in [0.29, 0.717) is 25.9 Å². The van der Waals surface area contributed by atoms with Gasteiger partial charge in [0.2, 0.25) is 5.91 Å². The fraction of sp³-hybridized carbons (Fsp3) is 0.892. The van der Waals surface area contributed by atoms with E-state index in [1.807, 2.05) is 0 Å². The number of rotatable bonds is 68. The van der Waals surface area contributed by atoms with E-state index in [1.54, 1.807) is 0 Å². The lowest BCUT2D eigenvalue weighted by Gasteiger charge is -2.22. The van der Waals surface area contributed by atoms with E-state index in [0.717, 1.165) is 51.4 Å². The van der Waals surface area contributed by atoms with Gasteiger partial charge in [0, 0.05) is 12.8 Å². The molecule has 3 N–H and O–H groups in total. The number of unbranched alkanes of at least 4 members (excludes halogenated alkanes) is 51. The quantitative estimate of drug-likeness (QED) is 0.0320. The summed E-state index contributed by atoms with van der Waals surface area (Å²) in [5.41, 5.74) is 0. The third-order valence-electron chi connectivity index (χ3n) is 16.9. The maximum Gasteiger partial charge on any atom is 0.305 e. The van der Waals surface area contributed by atoms with Gasteiger partial charge in [0.25, 0.3) is 0 Å². The van der Waals surface area contributed by atoms with E-state index in [4.69, 9.17) is 4.74 Å². The Bertz CT molecular complexity index is 1300. The summed E-state index contributed by atoms with van der Waals surface area (Å²) in [5.74, 6) is -0.0206. The molecule has 0 heterocycles. The number of aliphatic hydroxyl groups is 2. The van der Waals surface area contributed by atoms with Crippen molar-refractivity contribution in [3.05, 3.63) is 36.5 Å². The minimum Gasteiger partial charge on any atom is -0.466 e. The summed E-state index contributed by atoms with van der Waals surface area (Å²) < 4.78 is 5.50. The van der Waals surface area contributed by atoms with Gasteiger partial charge >= 0.3 is 5.97 Å². The van der Waals surface area contributed by atoms with Crippen molar-refractivity contribution in [2.75, 3.05) is 13.2 Å². The van der Waals surface area contributed by atoms with Gasteiger partial charge < -0.3 is 20.3 Å². The van der Waals surface area contributed by atoms with Gasteiger partial charge in [0.1, 0.15) is 0 Å².